The van der Waals surface area contributed by atoms with Gasteiger partial charge in [-0.2, -0.15) is 0 Å². The number of nitrogens with two attached hydrogens (primary N) is 1. The fourth-order valence-electron chi connectivity index (χ4n) is 2.35. The van der Waals surface area contributed by atoms with E-state index in [2.05, 4.69) is 0 Å². The molecule has 0 amide bonds. The topological polar surface area (TPSA) is 53.7 Å². The monoisotopic (exact) mass is 251 g/mol. The molecule has 1 fully saturated rings. The largest absolute Gasteiger partial charge is 0.497 e. The molecule has 0 unspecified atom stereocenters. The Morgan fingerprint density at radius 3 is 2.56 bits per heavy atom. The minimum Gasteiger partial charge on any atom is -0.497 e. The molecular formula is C14H21NO3. The Morgan fingerprint density at radius 2 is 1.94 bits per heavy atom. The van der Waals surface area contributed by atoms with Crippen LogP contribution < -0.4 is 15.2 Å². The van der Waals surface area contributed by atoms with Crippen LogP contribution in [0.15, 0.2) is 18.2 Å². The van der Waals surface area contributed by atoms with Crippen LogP contribution in [0.2, 0.25) is 0 Å². The zero-order valence-corrected chi connectivity index (χ0v) is 11.1. The average molecular weight is 251 g/mol. The third-order valence-electron chi connectivity index (χ3n) is 3.52. The van der Waals surface area contributed by atoms with E-state index in [0.717, 1.165) is 49.5 Å². The van der Waals surface area contributed by atoms with Crippen molar-refractivity contribution in [1.29, 1.82) is 0 Å². The Bertz CT molecular complexity index is 400. The van der Waals surface area contributed by atoms with Crippen LogP contribution in [0.25, 0.3) is 0 Å². The van der Waals surface area contributed by atoms with Gasteiger partial charge < -0.3 is 19.9 Å². The lowest BCUT2D eigenvalue weighted by atomic mass is 9.84. The van der Waals surface area contributed by atoms with Gasteiger partial charge in [0.25, 0.3) is 0 Å². The van der Waals surface area contributed by atoms with Gasteiger partial charge in [-0.25, -0.2) is 0 Å². The molecule has 2 rings (SSSR count). The quantitative estimate of drug-likeness (QED) is 0.886. The van der Waals surface area contributed by atoms with Gasteiger partial charge in [0.05, 0.1) is 14.2 Å². The Balaban J connectivity index is 2.20. The molecule has 2 N–H and O–H groups in total. The van der Waals surface area contributed by atoms with Crippen molar-refractivity contribution in [3.05, 3.63) is 23.8 Å². The molecule has 0 atom stereocenters. The summed E-state index contributed by atoms with van der Waals surface area (Å²) in [5, 5.41) is 0. The highest BCUT2D eigenvalue weighted by molar-refractivity contribution is 5.41. The first kappa shape index (κ1) is 13.2. The van der Waals surface area contributed by atoms with E-state index in [-0.39, 0.29) is 5.54 Å². The molecule has 0 radical (unpaired) electrons. The van der Waals surface area contributed by atoms with Crippen LogP contribution in [-0.2, 0) is 11.2 Å². The van der Waals surface area contributed by atoms with Crippen LogP contribution in [-0.4, -0.2) is 33.0 Å². The van der Waals surface area contributed by atoms with E-state index in [1.165, 1.54) is 0 Å². The molecule has 18 heavy (non-hydrogen) atoms. The fourth-order valence-corrected chi connectivity index (χ4v) is 2.35. The van der Waals surface area contributed by atoms with E-state index in [4.69, 9.17) is 19.9 Å². The van der Waals surface area contributed by atoms with Crippen molar-refractivity contribution >= 4 is 0 Å². The Morgan fingerprint density at radius 1 is 1.22 bits per heavy atom. The zero-order valence-electron chi connectivity index (χ0n) is 11.1. The summed E-state index contributed by atoms with van der Waals surface area (Å²) < 4.78 is 16.0. The minimum absolute atomic E-state index is 0.197. The van der Waals surface area contributed by atoms with Gasteiger partial charge in [0.2, 0.25) is 0 Å². The molecule has 4 nitrogen and oxygen atoms in total. The van der Waals surface area contributed by atoms with Crippen molar-refractivity contribution in [2.45, 2.75) is 24.8 Å². The number of methoxy groups -OCH3 is 2. The summed E-state index contributed by atoms with van der Waals surface area (Å²) in [5.74, 6) is 1.70. The molecule has 1 aliphatic rings. The summed E-state index contributed by atoms with van der Waals surface area (Å²) in [6.45, 7) is 1.48. The molecule has 1 heterocycles. The maximum Gasteiger partial charge on any atom is 0.122 e. The third-order valence-corrected chi connectivity index (χ3v) is 3.52. The molecule has 1 aliphatic heterocycles. The Hall–Kier alpha value is -1.26. The van der Waals surface area contributed by atoms with Gasteiger partial charge in [-0.15, -0.1) is 0 Å². The molecule has 4 heteroatoms. The number of hydrogen-bond donors (Lipinski definition) is 1. The molecule has 0 bridgehead atoms. The summed E-state index contributed by atoms with van der Waals surface area (Å²) in [6.07, 6.45) is 2.55. The summed E-state index contributed by atoms with van der Waals surface area (Å²) in [4.78, 5) is 0. The molecule has 1 saturated heterocycles. The number of hydrogen-bond acceptors (Lipinski definition) is 4. The first-order valence-corrected chi connectivity index (χ1v) is 6.24. The minimum atomic E-state index is -0.197. The van der Waals surface area contributed by atoms with Gasteiger partial charge in [-0.3, -0.25) is 0 Å². The van der Waals surface area contributed by atoms with Crippen molar-refractivity contribution in [2.75, 3.05) is 27.4 Å². The zero-order chi connectivity index (χ0) is 13.0. The first-order valence-electron chi connectivity index (χ1n) is 6.24. The van der Waals surface area contributed by atoms with Gasteiger partial charge in [0.15, 0.2) is 0 Å². The fraction of sp³-hybridized carbons (Fsp3) is 0.571. The standard InChI is InChI=1S/C14H21NO3/c1-16-12-3-4-13(17-2)11(9-12)10-14(15)5-7-18-8-6-14/h3-4,9H,5-8,10,15H2,1-2H3. The Labute approximate surface area is 108 Å². The predicted molar refractivity (Wildman–Crippen MR) is 70.2 cm³/mol. The van der Waals surface area contributed by atoms with Crippen molar-refractivity contribution in [2.24, 2.45) is 5.73 Å². The predicted octanol–water partition coefficient (Wildman–Crippen LogP) is 1.75. The van der Waals surface area contributed by atoms with Crippen LogP contribution in [0.3, 0.4) is 0 Å². The maximum absolute atomic E-state index is 6.43. The first-order chi connectivity index (χ1) is 8.67. The van der Waals surface area contributed by atoms with Gasteiger partial charge in [0, 0.05) is 18.8 Å². The summed E-state index contributed by atoms with van der Waals surface area (Å²) in [7, 11) is 3.34. The average Bonchev–Trinajstić information content (AvgIpc) is 2.39. The molecule has 100 valence electrons. The Kier molecular flexibility index (Phi) is 4.09. The molecule has 0 spiro atoms. The second-order valence-electron chi connectivity index (χ2n) is 4.83. The van der Waals surface area contributed by atoms with Gasteiger partial charge in [-0.1, -0.05) is 0 Å². The van der Waals surface area contributed by atoms with Crippen LogP contribution in [0.1, 0.15) is 18.4 Å². The number of benzene rings is 1. The molecule has 0 saturated carbocycles. The van der Waals surface area contributed by atoms with Crippen LogP contribution in [0.4, 0.5) is 0 Å². The van der Waals surface area contributed by atoms with E-state index >= 15 is 0 Å². The highest BCUT2D eigenvalue weighted by Crippen LogP contribution is 2.30. The van der Waals surface area contributed by atoms with Crippen LogP contribution in [0.5, 0.6) is 11.5 Å². The third kappa shape index (κ3) is 2.94. The summed E-state index contributed by atoms with van der Waals surface area (Å²) in [5.41, 5.74) is 7.33. The van der Waals surface area contributed by atoms with Crippen molar-refractivity contribution < 1.29 is 14.2 Å². The lowest BCUT2D eigenvalue weighted by molar-refractivity contribution is 0.0531. The molecule has 0 aromatic heterocycles. The van der Waals surface area contributed by atoms with Crippen molar-refractivity contribution in [3.63, 3.8) is 0 Å². The number of ether oxygens (including phenoxy) is 3. The SMILES string of the molecule is COc1ccc(OC)c(CC2(N)CCOCC2)c1. The van der Waals surface area contributed by atoms with Crippen molar-refractivity contribution in [1.82, 2.24) is 0 Å². The highest BCUT2D eigenvalue weighted by atomic mass is 16.5. The normalized spacial score (nSPS) is 18.4. The molecule has 0 aliphatic carbocycles. The highest BCUT2D eigenvalue weighted by Gasteiger charge is 2.29. The van der Waals surface area contributed by atoms with Gasteiger partial charge in [0.1, 0.15) is 11.5 Å². The summed E-state index contributed by atoms with van der Waals surface area (Å²) in [6, 6.07) is 5.83. The van der Waals surface area contributed by atoms with Crippen molar-refractivity contribution in [3.8, 4) is 11.5 Å². The van der Waals surface area contributed by atoms with E-state index in [9.17, 15) is 0 Å². The molecular weight excluding hydrogens is 230 g/mol. The second kappa shape index (κ2) is 5.59. The van der Waals surface area contributed by atoms with E-state index < -0.39 is 0 Å². The number of rotatable bonds is 4. The van der Waals surface area contributed by atoms with Crippen LogP contribution >= 0.6 is 0 Å². The van der Waals surface area contributed by atoms with E-state index in [1.54, 1.807) is 14.2 Å². The smallest absolute Gasteiger partial charge is 0.122 e. The molecule has 1 aromatic carbocycles. The van der Waals surface area contributed by atoms with Crippen LogP contribution in [0, 0.1) is 0 Å². The maximum atomic E-state index is 6.43. The lowest BCUT2D eigenvalue weighted by Crippen LogP contribution is -2.46. The molecule has 1 aromatic rings. The second-order valence-corrected chi connectivity index (χ2v) is 4.83. The van der Waals surface area contributed by atoms with E-state index in [1.807, 2.05) is 18.2 Å². The van der Waals surface area contributed by atoms with E-state index in [0.29, 0.717) is 0 Å². The lowest BCUT2D eigenvalue weighted by Gasteiger charge is -2.33. The summed E-state index contributed by atoms with van der Waals surface area (Å²) >= 11 is 0. The van der Waals surface area contributed by atoms with Gasteiger partial charge >= 0.3 is 0 Å². The van der Waals surface area contributed by atoms with Gasteiger partial charge in [-0.05, 0) is 43.0 Å².